The van der Waals surface area contributed by atoms with Crippen LogP contribution in [0, 0.1) is 0 Å². The van der Waals surface area contributed by atoms with E-state index in [0.717, 1.165) is 0 Å². The number of amides is 1. The Hall–Kier alpha value is -1.75. The lowest BCUT2D eigenvalue weighted by atomic mass is 10.1. The van der Waals surface area contributed by atoms with Crippen LogP contribution in [0.2, 0.25) is 0 Å². The predicted octanol–water partition coefficient (Wildman–Crippen LogP) is 1.20. The van der Waals surface area contributed by atoms with E-state index in [9.17, 15) is 4.79 Å². The third kappa shape index (κ3) is 3.64. The fourth-order valence-corrected chi connectivity index (χ4v) is 1.56. The van der Waals surface area contributed by atoms with Gasteiger partial charge in [0.15, 0.2) is 0 Å². The third-order valence-electron chi connectivity index (χ3n) is 2.38. The van der Waals surface area contributed by atoms with Gasteiger partial charge in [0.05, 0.1) is 23.0 Å². The molecule has 0 heterocycles. The Balaban J connectivity index is 2.79. The summed E-state index contributed by atoms with van der Waals surface area (Å²) in [5, 5.41) is 3.10. The molecule has 5 N–H and O–H groups in total. The number of para-hydroxylation sites is 1. The minimum atomic E-state index is -0.496. The van der Waals surface area contributed by atoms with E-state index in [1.165, 1.54) is 0 Å². The molecule has 1 atom stereocenters. The average Bonchev–Trinajstić information content (AvgIpc) is 2.27. The number of nitrogens with one attached hydrogen (secondary N) is 1. The van der Waals surface area contributed by atoms with Crippen LogP contribution in [-0.4, -0.2) is 25.2 Å². The zero-order chi connectivity index (χ0) is 12.8. The molecule has 0 saturated heterocycles. The summed E-state index contributed by atoms with van der Waals surface area (Å²) in [6.45, 7) is 5.10. The van der Waals surface area contributed by atoms with Crippen molar-refractivity contribution >= 4 is 17.3 Å². The molecule has 5 nitrogen and oxygen atoms in total. The first-order valence-corrected chi connectivity index (χ1v) is 5.60. The second-order valence-corrected chi connectivity index (χ2v) is 3.78. The fraction of sp³-hybridized carbons (Fsp3) is 0.417. The highest BCUT2D eigenvalue weighted by Crippen LogP contribution is 2.23. The molecular formula is C12H19N3O2. The molecule has 1 aromatic carbocycles. The number of nitrogen functional groups attached to an aromatic ring is 1. The van der Waals surface area contributed by atoms with Crippen molar-refractivity contribution in [1.29, 1.82) is 0 Å². The van der Waals surface area contributed by atoms with Crippen LogP contribution in [0.4, 0.5) is 11.4 Å². The maximum Gasteiger partial charge on any atom is 0.250 e. The highest BCUT2D eigenvalue weighted by Gasteiger charge is 2.11. The number of rotatable bonds is 6. The van der Waals surface area contributed by atoms with Gasteiger partial charge in [-0.15, -0.1) is 0 Å². The molecule has 0 aliphatic heterocycles. The smallest absolute Gasteiger partial charge is 0.250 e. The Labute approximate surface area is 101 Å². The highest BCUT2D eigenvalue weighted by molar-refractivity contribution is 6.01. The second-order valence-electron chi connectivity index (χ2n) is 3.78. The van der Waals surface area contributed by atoms with E-state index in [-0.39, 0.29) is 6.10 Å². The number of hydrogen-bond donors (Lipinski definition) is 3. The maximum absolute atomic E-state index is 11.2. The van der Waals surface area contributed by atoms with Gasteiger partial charge in [0, 0.05) is 13.2 Å². The molecule has 0 bridgehead atoms. The van der Waals surface area contributed by atoms with Gasteiger partial charge in [0.25, 0.3) is 5.91 Å². The van der Waals surface area contributed by atoms with E-state index < -0.39 is 5.91 Å². The van der Waals surface area contributed by atoms with Crippen LogP contribution in [0.3, 0.4) is 0 Å². The summed E-state index contributed by atoms with van der Waals surface area (Å²) >= 11 is 0. The molecule has 17 heavy (non-hydrogen) atoms. The Kier molecular flexibility index (Phi) is 4.78. The van der Waals surface area contributed by atoms with Crippen molar-refractivity contribution in [1.82, 2.24) is 0 Å². The Bertz CT molecular complexity index is 393. The molecule has 1 aromatic rings. The van der Waals surface area contributed by atoms with Crippen LogP contribution in [0.15, 0.2) is 18.2 Å². The summed E-state index contributed by atoms with van der Waals surface area (Å²) in [4.78, 5) is 11.2. The topological polar surface area (TPSA) is 90.4 Å². The molecule has 0 aromatic heterocycles. The summed E-state index contributed by atoms with van der Waals surface area (Å²) < 4.78 is 5.38. The van der Waals surface area contributed by atoms with Gasteiger partial charge in [-0.2, -0.15) is 0 Å². The minimum Gasteiger partial charge on any atom is -0.397 e. The van der Waals surface area contributed by atoms with Gasteiger partial charge in [-0.1, -0.05) is 6.07 Å². The number of ether oxygens (including phenoxy) is 1. The van der Waals surface area contributed by atoms with E-state index >= 15 is 0 Å². The van der Waals surface area contributed by atoms with Crippen LogP contribution in [0.25, 0.3) is 0 Å². The molecule has 0 aliphatic carbocycles. The van der Waals surface area contributed by atoms with E-state index in [4.69, 9.17) is 16.2 Å². The standard InChI is InChI=1S/C12H19N3O2/c1-3-17-8(2)7-15-11-9(12(14)16)5-4-6-10(11)13/h4-6,8,15H,3,7,13H2,1-2H3,(H2,14,16). The van der Waals surface area contributed by atoms with Crippen molar-refractivity contribution in [3.63, 3.8) is 0 Å². The van der Waals surface area contributed by atoms with Crippen molar-refractivity contribution in [3.8, 4) is 0 Å². The maximum atomic E-state index is 11.2. The van der Waals surface area contributed by atoms with Crippen molar-refractivity contribution in [2.45, 2.75) is 20.0 Å². The number of carbonyl (C=O) groups excluding carboxylic acids is 1. The number of benzene rings is 1. The molecule has 0 aliphatic rings. The summed E-state index contributed by atoms with van der Waals surface area (Å²) in [6, 6.07) is 5.07. The molecule has 0 radical (unpaired) electrons. The summed E-state index contributed by atoms with van der Waals surface area (Å²) in [5.74, 6) is -0.496. The van der Waals surface area contributed by atoms with Crippen molar-refractivity contribution in [3.05, 3.63) is 23.8 Å². The first-order chi connectivity index (χ1) is 8.06. The lowest BCUT2D eigenvalue weighted by molar-refractivity contribution is 0.0854. The van der Waals surface area contributed by atoms with Gasteiger partial charge < -0.3 is 21.5 Å². The molecule has 1 rings (SSSR count). The first kappa shape index (κ1) is 13.3. The monoisotopic (exact) mass is 237 g/mol. The summed E-state index contributed by atoms with van der Waals surface area (Å²) in [7, 11) is 0. The van der Waals surface area contributed by atoms with Crippen molar-refractivity contribution < 1.29 is 9.53 Å². The number of hydrogen-bond acceptors (Lipinski definition) is 4. The van der Waals surface area contributed by atoms with Crippen molar-refractivity contribution in [2.24, 2.45) is 5.73 Å². The fourth-order valence-electron chi connectivity index (χ4n) is 1.56. The zero-order valence-corrected chi connectivity index (χ0v) is 10.2. The highest BCUT2D eigenvalue weighted by atomic mass is 16.5. The molecular weight excluding hydrogens is 218 g/mol. The minimum absolute atomic E-state index is 0.0420. The molecule has 1 unspecified atom stereocenters. The average molecular weight is 237 g/mol. The predicted molar refractivity (Wildman–Crippen MR) is 69.0 cm³/mol. The van der Waals surface area contributed by atoms with E-state index in [0.29, 0.717) is 30.1 Å². The van der Waals surface area contributed by atoms with Gasteiger partial charge in [-0.25, -0.2) is 0 Å². The van der Waals surface area contributed by atoms with E-state index in [1.807, 2.05) is 13.8 Å². The normalized spacial score (nSPS) is 12.1. The summed E-state index contributed by atoms with van der Waals surface area (Å²) in [5.41, 5.74) is 12.6. The third-order valence-corrected chi connectivity index (χ3v) is 2.38. The lowest BCUT2D eigenvalue weighted by Crippen LogP contribution is -2.22. The number of carbonyl (C=O) groups is 1. The van der Waals surface area contributed by atoms with Crippen LogP contribution in [0.5, 0.6) is 0 Å². The number of nitrogens with two attached hydrogens (primary N) is 2. The van der Waals surface area contributed by atoms with E-state index in [2.05, 4.69) is 5.32 Å². The van der Waals surface area contributed by atoms with Gasteiger partial charge in [-0.3, -0.25) is 4.79 Å². The molecule has 0 spiro atoms. The van der Waals surface area contributed by atoms with Gasteiger partial charge in [0.1, 0.15) is 0 Å². The quantitative estimate of drug-likeness (QED) is 0.648. The van der Waals surface area contributed by atoms with Crippen molar-refractivity contribution in [2.75, 3.05) is 24.2 Å². The number of primary amides is 1. The van der Waals surface area contributed by atoms with E-state index in [1.54, 1.807) is 18.2 Å². The summed E-state index contributed by atoms with van der Waals surface area (Å²) in [6.07, 6.45) is 0.0420. The Morgan fingerprint density at radius 2 is 2.24 bits per heavy atom. The van der Waals surface area contributed by atoms with Gasteiger partial charge >= 0.3 is 0 Å². The van der Waals surface area contributed by atoms with Crippen LogP contribution >= 0.6 is 0 Å². The van der Waals surface area contributed by atoms with Gasteiger partial charge in [0.2, 0.25) is 0 Å². The van der Waals surface area contributed by atoms with Crippen LogP contribution in [-0.2, 0) is 4.74 Å². The van der Waals surface area contributed by atoms with Gasteiger partial charge in [-0.05, 0) is 26.0 Å². The molecule has 5 heteroatoms. The molecule has 1 amide bonds. The number of anilines is 2. The lowest BCUT2D eigenvalue weighted by Gasteiger charge is -2.16. The SMILES string of the molecule is CCOC(C)CNc1c(N)cccc1C(N)=O. The van der Waals surface area contributed by atoms with Crippen LogP contribution in [0.1, 0.15) is 24.2 Å². The molecule has 94 valence electrons. The molecule has 0 saturated carbocycles. The Morgan fingerprint density at radius 3 is 2.82 bits per heavy atom. The Morgan fingerprint density at radius 1 is 1.53 bits per heavy atom. The zero-order valence-electron chi connectivity index (χ0n) is 10.2. The first-order valence-electron chi connectivity index (χ1n) is 5.60. The van der Waals surface area contributed by atoms with Crippen LogP contribution < -0.4 is 16.8 Å². The second kappa shape index (κ2) is 6.10. The molecule has 0 fully saturated rings. The largest absolute Gasteiger partial charge is 0.397 e.